The summed E-state index contributed by atoms with van der Waals surface area (Å²) in [7, 11) is 1.35. The first-order valence-corrected chi connectivity index (χ1v) is 14.0. The minimum atomic E-state index is -0.630. The van der Waals surface area contributed by atoms with Crippen molar-refractivity contribution in [3.63, 3.8) is 0 Å². The summed E-state index contributed by atoms with van der Waals surface area (Å²) in [4.78, 5) is 32.0. The van der Waals surface area contributed by atoms with E-state index in [4.69, 9.17) is 19.2 Å². The van der Waals surface area contributed by atoms with Crippen LogP contribution < -0.4 is 24.4 Å². The molecule has 0 fully saturated rings. The SMILES string of the molecule is CCOc1cc(/C=c2\sc3n(c2=O)[C@H](c2ccccc2)C(C(=O)OC)=C(CC)N=3)ccc1OCc1ccccc1. The van der Waals surface area contributed by atoms with Gasteiger partial charge in [-0.05, 0) is 48.2 Å². The summed E-state index contributed by atoms with van der Waals surface area (Å²) in [6.07, 6.45) is 2.35. The van der Waals surface area contributed by atoms with Crippen molar-refractivity contribution < 1.29 is 19.0 Å². The Morgan fingerprint density at radius 2 is 1.70 bits per heavy atom. The zero-order chi connectivity index (χ0) is 28.1. The van der Waals surface area contributed by atoms with Crippen LogP contribution >= 0.6 is 11.3 Å². The number of hydrogen-bond acceptors (Lipinski definition) is 7. The highest BCUT2D eigenvalue weighted by molar-refractivity contribution is 7.07. The Morgan fingerprint density at radius 3 is 2.38 bits per heavy atom. The molecular formula is C32H30N2O5S. The van der Waals surface area contributed by atoms with Crippen molar-refractivity contribution in [2.24, 2.45) is 4.99 Å². The zero-order valence-electron chi connectivity index (χ0n) is 22.6. The molecule has 7 nitrogen and oxygen atoms in total. The molecule has 0 aliphatic carbocycles. The molecule has 5 rings (SSSR count). The molecule has 0 saturated carbocycles. The lowest BCUT2D eigenvalue weighted by molar-refractivity contribution is -0.136. The summed E-state index contributed by atoms with van der Waals surface area (Å²) >= 11 is 1.30. The zero-order valence-corrected chi connectivity index (χ0v) is 23.4. The predicted octanol–water partition coefficient (Wildman–Crippen LogP) is 4.78. The topological polar surface area (TPSA) is 79.1 Å². The number of esters is 1. The van der Waals surface area contributed by atoms with Crippen molar-refractivity contribution in [3.05, 3.63) is 127 Å². The third-order valence-electron chi connectivity index (χ3n) is 6.57. The van der Waals surface area contributed by atoms with Gasteiger partial charge in [0, 0.05) is 0 Å². The standard InChI is InChI=1S/C32H30N2O5S/c1-4-24-28(31(36)37-3)29(23-14-10-7-11-15-23)34-30(35)27(40-32(34)33-24)19-22-16-17-25(26(18-22)38-5-2)39-20-21-12-8-6-9-13-21/h6-19,29H,4-5,20H2,1-3H3/b27-19-/t29-/m1/s1. The lowest BCUT2D eigenvalue weighted by atomic mass is 9.95. The number of thiazole rings is 1. The largest absolute Gasteiger partial charge is 0.490 e. The highest BCUT2D eigenvalue weighted by Crippen LogP contribution is 2.32. The molecule has 8 heteroatoms. The van der Waals surface area contributed by atoms with Crippen LogP contribution in [0.25, 0.3) is 6.08 Å². The average molecular weight is 555 g/mol. The molecule has 2 heterocycles. The second kappa shape index (κ2) is 12.2. The molecule has 1 aromatic heterocycles. The van der Waals surface area contributed by atoms with Crippen molar-refractivity contribution in [1.82, 2.24) is 4.57 Å². The number of methoxy groups -OCH3 is 1. The normalized spacial score (nSPS) is 14.9. The Morgan fingerprint density at radius 1 is 0.975 bits per heavy atom. The van der Waals surface area contributed by atoms with E-state index in [1.807, 2.05) is 98.8 Å². The van der Waals surface area contributed by atoms with Gasteiger partial charge in [0.25, 0.3) is 5.56 Å². The molecule has 0 radical (unpaired) electrons. The molecule has 4 aromatic rings. The smallest absolute Gasteiger partial charge is 0.338 e. The number of hydrogen-bond donors (Lipinski definition) is 0. The second-order valence-corrected chi connectivity index (χ2v) is 10.1. The summed E-state index contributed by atoms with van der Waals surface area (Å²) < 4.78 is 19.1. The molecule has 0 saturated heterocycles. The number of nitrogens with zero attached hydrogens (tertiary/aromatic N) is 2. The Hall–Kier alpha value is -4.43. The molecule has 0 unspecified atom stereocenters. The van der Waals surface area contributed by atoms with Crippen molar-refractivity contribution >= 4 is 23.4 Å². The summed E-state index contributed by atoms with van der Waals surface area (Å²) in [6, 6.07) is 24.4. The van der Waals surface area contributed by atoms with Gasteiger partial charge in [-0.3, -0.25) is 9.36 Å². The lowest BCUT2D eigenvalue weighted by Gasteiger charge is -2.25. The van der Waals surface area contributed by atoms with E-state index in [0.29, 0.717) is 51.7 Å². The molecule has 3 aromatic carbocycles. The summed E-state index contributed by atoms with van der Waals surface area (Å²) in [5.74, 6) is 0.739. The van der Waals surface area contributed by atoms with Crippen molar-refractivity contribution in [2.45, 2.75) is 32.9 Å². The van der Waals surface area contributed by atoms with Crippen molar-refractivity contribution in [2.75, 3.05) is 13.7 Å². The van der Waals surface area contributed by atoms with Crippen LogP contribution in [0.1, 0.15) is 43.0 Å². The first-order chi connectivity index (χ1) is 19.5. The van der Waals surface area contributed by atoms with E-state index in [0.717, 1.165) is 16.7 Å². The third kappa shape index (κ3) is 5.49. The third-order valence-corrected chi connectivity index (χ3v) is 7.55. The quantitative estimate of drug-likeness (QED) is 0.279. The van der Waals surface area contributed by atoms with Crippen LogP contribution in [-0.4, -0.2) is 24.3 Å². The van der Waals surface area contributed by atoms with Gasteiger partial charge in [0.2, 0.25) is 0 Å². The fourth-order valence-electron chi connectivity index (χ4n) is 4.70. The van der Waals surface area contributed by atoms with Gasteiger partial charge in [0.1, 0.15) is 6.61 Å². The summed E-state index contributed by atoms with van der Waals surface area (Å²) in [6.45, 7) is 4.75. The van der Waals surface area contributed by atoms with Crippen LogP contribution in [0.4, 0.5) is 0 Å². The second-order valence-electron chi connectivity index (χ2n) is 9.11. The highest BCUT2D eigenvalue weighted by atomic mass is 32.1. The van der Waals surface area contributed by atoms with Crippen LogP contribution in [0.5, 0.6) is 11.5 Å². The van der Waals surface area contributed by atoms with E-state index in [-0.39, 0.29) is 5.56 Å². The molecule has 0 N–H and O–H groups in total. The van der Waals surface area contributed by atoms with Crippen LogP contribution in [0.3, 0.4) is 0 Å². The first-order valence-electron chi connectivity index (χ1n) is 13.2. The number of rotatable bonds is 9. The van der Waals surface area contributed by atoms with Gasteiger partial charge in [-0.15, -0.1) is 0 Å². The Bertz CT molecular complexity index is 1720. The van der Waals surface area contributed by atoms with Gasteiger partial charge in [-0.1, -0.05) is 85.0 Å². The minimum Gasteiger partial charge on any atom is -0.490 e. The maximum absolute atomic E-state index is 13.8. The fraction of sp³-hybridized carbons (Fsp3) is 0.219. The maximum Gasteiger partial charge on any atom is 0.338 e. The number of carbonyl (C=O) groups excluding carboxylic acids is 1. The van der Waals surface area contributed by atoms with E-state index in [9.17, 15) is 9.59 Å². The summed E-state index contributed by atoms with van der Waals surface area (Å²) in [5.41, 5.74) is 3.44. The van der Waals surface area contributed by atoms with E-state index in [1.54, 1.807) is 4.57 Å². The molecular weight excluding hydrogens is 524 g/mol. The van der Waals surface area contributed by atoms with E-state index in [1.165, 1.54) is 18.4 Å². The van der Waals surface area contributed by atoms with Crippen LogP contribution in [0, 0.1) is 0 Å². The molecule has 204 valence electrons. The Kier molecular flexibility index (Phi) is 8.26. The average Bonchev–Trinajstić information content (AvgIpc) is 3.30. The Balaban J connectivity index is 1.57. The number of carbonyl (C=O) groups is 1. The minimum absolute atomic E-state index is 0.225. The maximum atomic E-state index is 13.8. The number of benzene rings is 3. The number of aromatic nitrogens is 1. The highest BCUT2D eigenvalue weighted by Gasteiger charge is 2.33. The molecule has 0 amide bonds. The van der Waals surface area contributed by atoms with Crippen LogP contribution in [0.15, 0.2) is 99.9 Å². The van der Waals surface area contributed by atoms with Crippen LogP contribution in [-0.2, 0) is 16.1 Å². The molecule has 1 aliphatic rings. The van der Waals surface area contributed by atoms with E-state index in [2.05, 4.69) is 0 Å². The van der Waals surface area contributed by atoms with Gasteiger partial charge < -0.3 is 14.2 Å². The monoisotopic (exact) mass is 554 g/mol. The van der Waals surface area contributed by atoms with E-state index >= 15 is 0 Å². The molecule has 40 heavy (non-hydrogen) atoms. The molecule has 0 spiro atoms. The number of allylic oxidation sites excluding steroid dienone is 1. The van der Waals surface area contributed by atoms with Gasteiger partial charge in [-0.25, -0.2) is 9.79 Å². The van der Waals surface area contributed by atoms with Gasteiger partial charge in [0.15, 0.2) is 16.3 Å². The molecule has 0 bridgehead atoms. The first kappa shape index (κ1) is 27.1. The molecule has 1 aliphatic heterocycles. The van der Waals surface area contributed by atoms with Gasteiger partial charge in [-0.2, -0.15) is 0 Å². The molecule has 1 atom stereocenters. The van der Waals surface area contributed by atoms with E-state index < -0.39 is 12.0 Å². The predicted molar refractivity (Wildman–Crippen MR) is 155 cm³/mol. The van der Waals surface area contributed by atoms with Gasteiger partial charge >= 0.3 is 5.97 Å². The number of fused-ring (bicyclic) bond motifs is 1. The number of ether oxygens (including phenoxy) is 3. The van der Waals surface area contributed by atoms with Crippen molar-refractivity contribution in [1.29, 1.82) is 0 Å². The fourth-order valence-corrected chi connectivity index (χ4v) is 5.72. The lowest BCUT2D eigenvalue weighted by Crippen LogP contribution is -2.40. The van der Waals surface area contributed by atoms with Crippen molar-refractivity contribution in [3.8, 4) is 11.5 Å². The van der Waals surface area contributed by atoms with Crippen LogP contribution in [0.2, 0.25) is 0 Å². The Labute approximate surface area is 236 Å². The van der Waals surface area contributed by atoms with Gasteiger partial charge in [0.05, 0.1) is 35.6 Å². The summed E-state index contributed by atoms with van der Waals surface area (Å²) in [5, 5.41) is 0.